The summed E-state index contributed by atoms with van der Waals surface area (Å²) in [5.41, 5.74) is 0.0685. The first-order valence-electron chi connectivity index (χ1n) is 8.35. The summed E-state index contributed by atoms with van der Waals surface area (Å²) in [5.74, 6) is -1.19. The van der Waals surface area contributed by atoms with Crippen LogP contribution in [0.5, 0.6) is 5.75 Å². The van der Waals surface area contributed by atoms with Crippen molar-refractivity contribution in [1.82, 2.24) is 25.0 Å². The fourth-order valence-corrected chi connectivity index (χ4v) is 2.30. The highest BCUT2D eigenvalue weighted by Crippen LogP contribution is 2.36. The normalized spacial score (nSPS) is 12.8. The van der Waals surface area contributed by atoms with Gasteiger partial charge in [0.1, 0.15) is 6.33 Å². The maximum atomic E-state index is 11.4. The van der Waals surface area contributed by atoms with E-state index in [1.807, 2.05) is 0 Å². The van der Waals surface area contributed by atoms with Crippen molar-refractivity contribution in [1.29, 1.82) is 0 Å². The number of aryl methyl sites for hydroxylation is 1. The molecule has 128 valence electrons. The lowest BCUT2D eigenvalue weighted by Crippen LogP contribution is -2.08. The summed E-state index contributed by atoms with van der Waals surface area (Å²) in [5, 5.41) is 23.2. The minimum absolute atomic E-state index is 0.00835. The monoisotopic (exact) mass is 363 g/mol. The third-order valence-corrected chi connectivity index (χ3v) is 3.38. The molecular weight excluding hydrogens is 348 g/mol. The molecule has 0 amide bonds. The SMILES string of the molecule is [2H]C([2H])([2H])Oc1c(Nc2cc(Cl)nnc2C(=O)O)cccc1-c1ncn(C)n1. The number of hydrogen-bond donors (Lipinski definition) is 2. The Morgan fingerprint density at radius 1 is 1.40 bits per heavy atom. The van der Waals surface area contributed by atoms with Crippen LogP contribution < -0.4 is 10.1 Å². The number of para-hydroxylation sites is 1. The van der Waals surface area contributed by atoms with Gasteiger partial charge in [-0.3, -0.25) is 4.68 Å². The Labute approximate surface area is 151 Å². The molecule has 0 bridgehead atoms. The third kappa shape index (κ3) is 3.36. The number of aromatic carboxylic acids is 1. The van der Waals surface area contributed by atoms with Gasteiger partial charge in [-0.05, 0) is 12.1 Å². The third-order valence-electron chi connectivity index (χ3n) is 3.19. The second kappa shape index (κ2) is 6.73. The number of hydrogen-bond acceptors (Lipinski definition) is 7. The van der Waals surface area contributed by atoms with Crippen LogP contribution in [0.25, 0.3) is 11.4 Å². The van der Waals surface area contributed by atoms with Crippen LogP contribution in [0, 0.1) is 0 Å². The first-order chi connectivity index (χ1) is 13.1. The van der Waals surface area contributed by atoms with E-state index < -0.39 is 18.7 Å². The minimum Gasteiger partial charge on any atom is -0.494 e. The highest BCUT2D eigenvalue weighted by atomic mass is 35.5. The first kappa shape index (κ1) is 13.1. The molecule has 10 heteroatoms. The molecule has 25 heavy (non-hydrogen) atoms. The van der Waals surface area contributed by atoms with Crippen LogP contribution >= 0.6 is 11.6 Å². The van der Waals surface area contributed by atoms with E-state index in [9.17, 15) is 9.90 Å². The molecule has 2 N–H and O–H groups in total. The Hall–Kier alpha value is -3.20. The molecule has 2 aromatic heterocycles. The van der Waals surface area contributed by atoms with Crippen molar-refractivity contribution >= 4 is 28.9 Å². The Morgan fingerprint density at radius 3 is 2.92 bits per heavy atom. The van der Waals surface area contributed by atoms with Gasteiger partial charge in [-0.15, -0.1) is 10.2 Å². The zero-order valence-corrected chi connectivity index (χ0v) is 13.5. The number of carboxylic acid groups (broad SMARTS) is 1. The summed E-state index contributed by atoms with van der Waals surface area (Å²) >= 11 is 5.81. The summed E-state index contributed by atoms with van der Waals surface area (Å²) in [7, 11) is -1.11. The Bertz CT molecular complexity index is 1040. The summed E-state index contributed by atoms with van der Waals surface area (Å²) < 4.78 is 29.0. The van der Waals surface area contributed by atoms with Crippen LogP contribution in [0.2, 0.25) is 5.15 Å². The number of nitrogens with one attached hydrogen (secondary N) is 1. The molecule has 0 aliphatic heterocycles. The zero-order chi connectivity index (χ0) is 20.5. The number of methoxy groups -OCH3 is 1. The summed E-state index contributed by atoms with van der Waals surface area (Å²) in [6.45, 7) is 0. The molecular formula is C15H13ClN6O3. The van der Waals surface area contributed by atoms with Crippen molar-refractivity contribution in [3.8, 4) is 17.1 Å². The van der Waals surface area contributed by atoms with E-state index in [1.54, 1.807) is 19.2 Å². The molecule has 1 aromatic carbocycles. The Morgan fingerprint density at radius 2 is 2.24 bits per heavy atom. The van der Waals surface area contributed by atoms with E-state index in [1.165, 1.54) is 23.1 Å². The number of ether oxygens (including phenoxy) is 1. The van der Waals surface area contributed by atoms with Gasteiger partial charge >= 0.3 is 5.97 Å². The number of rotatable bonds is 5. The van der Waals surface area contributed by atoms with Crippen LogP contribution in [0.4, 0.5) is 11.4 Å². The zero-order valence-electron chi connectivity index (χ0n) is 15.8. The van der Waals surface area contributed by atoms with E-state index in [2.05, 4.69) is 25.6 Å². The quantitative estimate of drug-likeness (QED) is 0.709. The fourth-order valence-electron chi connectivity index (χ4n) is 2.15. The number of carbonyl (C=O) groups is 1. The summed E-state index contributed by atoms with van der Waals surface area (Å²) in [6, 6.07) is 5.95. The lowest BCUT2D eigenvalue weighted by molar-refractivity contribution is 0.0690. The topological polar surface area (TPSA) is 115 Å². The van der Waals surface area contributed by atoms with Crippen LogP contribution in [0.15, 0.2) is 30.6 Å². The molecule has 0 aliphatic rings. The molecule has 0 aliphatic carbocycles. The predicted octanol–water partition coefficient (Wildman–Crippen LogP) is 2.38. The van der Waals surface area contributed by atoms with E-state index in [4.69, 9.17) is 20.5 Å². The molecule has 3 aromatic rings. The van der Waals surface area contributed by atoms with E-state index in [0.29, 0.717) is 5.56 Å². The standard InChI is InChI=1S/C15H13ClN6O3/c1-22-7-17-14(21-22)8-4-3-5-9(13(8)25-2)18-10-6-11(16)19-20-12(10)15(23)24/h3-7H,1-2H3,(H,18,19)(H,23,24)/i2D3. The highest BCUT2D eigenvalue weighted by molar-refractivity contribution is 6.29. The lowest BCUT2D eigenvalue weighted by atomic mass is 10.1. The van der Waals surface area contributed by atoms with Gasteiger partial charge in [0.15, 0.2) is 22.4 Å². The van der Waals surface area contributed by atoms with Gasteiger partial charge in [-0.25, -0.2) is 9.78 Å². The van der Waals surface area contributed by atoms with Crippen molar-refractivity contribution in [3.63, 3.8) is 0 Å². The number of aromatic nitrogens is 5. The van der Waals surface area contributed by atoms with Gasteiger partial charge in [0.2, 0.25) is 0 Å². The average Bonchev–Trinajstić information content (AvgIpc) is 3.01. The van der Waals surface area contributed by atoms with Crippen molar-refractivity contribution in [3.05, 3.63) is 41.4 Å². The fraction of sp³-hybridized carbons (Fsp3) is 0.133. The first-order valence-corrected chi connectivity index (χ1v) is 7.23. The smallest absolute Gasteiger partial charge is 0.358 e. The molecule has 0 spiro atoms. The number of benzene rings is 1. The van der Waals surface area contributed by atoms with Gasteiger partial charge in [-0.1, -0.05) is 17.7 Å². The lowest BCUT2D eigenvalue weighted by Gasteiger charge is -2.14. The van der Waals surface area contributed by atoms with Gasteiger partial charge in [0, 0.05) is 13.1 Å². The number of halogens is 1. The highest BCUT2D eigenvalue weighted by Gasteiger charge is 2.18. The van der Waals surface area contributed by atoms with Crippen molar-refractivity contribution in [2.24, 2.45) is 7.05 Å². The van der Waals surface area contributed by atoms with Crippen LogP contribution in [0.1, 0.15) is 14.6 Å². The Kier molecular flexibility index (Phi) is 3.54. The number of nitrogens with zero attached hydrogens (tertiary/aromatic N) is 5. The molecule has 9 nitrogen and oxygen atoms in total. The molecule has 0 saturated heterocycles. The van der Waals surface area contributed by atoms with Gasteiger partial charge in [0.05, 0.1) is 28.1 Å². The van der Waals surface area contributed by atoms with Gasteiger partial charge in [0.25, 0.3) is 0 Å². The van der Waals surface area contributed by atoms with Gasteiger partial charge < -0.3 is 15.2 Å². The number of carboxylic acids is 1. The largest absolute Gasteiger partial charge is 0.494 e. The van der Waals surface area contributed by atoms with Crippen LogP contribution in [0.3, 0.4) is 0 Å². The molecule has 0 fully saturated rings. The summed E-state index contributed by atoms with van der Waals surface area (Å²) in [6.07, 6.45) is 1.45. The van der Waals surface area contributed by atoms with Crippen LogP contribution in [-0.4, -0.2) is 43.1 Å². The van der Waals surface area contributed by atoms with E-state index >= 15 is 0 Å². The van der Waals surface area contributed by atoms with Crippen molar-refractivity contribution in [2.45, 2.75) is 0 Å². The van der Waals surface area contributed by atoms with Gasteiger partial charge in [-0.2, -0.15) is 5.10 Å². The molecule has 0 unspecified atom stereocenters. The average molecular weight is 364 g/mol. The Balaban J connectivity index is 2.14. The number of anilines is 2. The molecule has 3 rings (SSSR count). The molecule has 0 radical (unpaired) electrons. The van der Waals surface area contributed by atoms with E-state index in [-0.39, 0.29) is 28.1 Å². The maximum Gasteiger partial charge on any atom is 0.358 e. The molecule has 0 atom stereocenters. The van der Waals surface area contributed by atoms with E-state index in [0.717, 1.165) is 0 Å². The van der Waals surface area contributed by atoms with Crippen LogP contribution in [-0.2, 0) is 7.05 Å². The van der Waals surface area contributed by atoms with Crippen molar-refractivity contribution in [2.75, 3.05) is 12.4 Å². The predicted molar refractivity (Wildman–Crippen MR) is 90.3 cm³/mol. The second-order valence-corrected chi connectivity index (χ2v) is 5.27. The maximum absolute atomic E-state index is 11.4. The minimum atomic E-state index is -2.77. The molecule has 0 saturated carbocycles. The second-order valence-electron chi connectivity index (χ2n) is 4.89. The summed E-state index contributed by atoms with van der Waals surface area (Å²) in [4.78, 5) is 15.5. The van der Waals surface area contributed by atoms with Crippen molar-refractivity contribution < 1.29 is 18.8 Å². The molecule has 2 heterocycles.